The van der Waals surface area contributed by atoms with Crippen LogP contribution in [-0.2, 0) is 14.2 Å². The largest absolute Gasteiger partial charge is 0.488 e. The van der Waals surface area contributed by atoms with E-state index in [2.05, 4.69) is 0 Å². The quantitative estimate of drug-likeness (QED) is 0.697. The molecule has 1 aliphatic heterocycles. The van der Waals surface area contributed by atoms with Crippen LogP contribution in [0.4, 0.5) is 10.5 Å². The molecule has 0 bridgehead atoms. The maximum Gasteiger partial charge on any atom is 0.414 e. The van der Waals surface area contributed by atoms with E-state index in [1.807, 2.05) is 13.8 Å². The number of hydrogen-bond acceptors (Lipinski definition) is 6. The minimum absolute atomic E-state index is 0.181. The van der Waals surface area contributed by atoms with Crippen LogP contribution in [-0.4, -0.2) is 56.6 Å². The van der Waals surface area contributed by atoms with Crippen molar-refractivity contribution in [2.24, 2.45) is 0 Å². The molecular weight excluding hydrogens is 302 g/mol. The third kappa shape index (κ3) is 4.82. The Labute approximate surface area is 135 Å². The van der Waals surface area contributed by atoms with Crippen molar-refractivity contribution in [2.45, 2.75) is 26.2 Å². The lowest BCUT2D eigenvalue weighted by atomic mass is 10.2. The summed E-state index contributed by atoms with van der Waals surface area (Å²) in [6.45, 7) is 5.35. The molecule has 2 rings (SSSR count). The molecule has 0 aliphatic carbocycles. The maximum absolute atomic E-state index is 11.7. The average Bonchev–Trinajstić information content (AvgIpc) is 2.94. The van der Waals surface area contributed by atoms with Gasteiger partial charge in [-0.05, 0) is 38.1 Å². The molecule has 23 heavy (non-hydrogen) atoms. The summed E-state index contributed by atoms with van der Waals surface area (Å²) >= 11 is 0. The monoisotopic (exact) mass is 325 g/mol. The molecule has 1 saturated heterocycles. The summed E-state index contributed by atoms with van der Waals surface area (Å²) in [6, 6.07) is 7.08. The van der Waals surface area contributed by atoms with Gasteiger partial charge in [0, 0.05) is 18.9 Å². The molecule has 1 amide bonds. The highest BCUT2D eigenvalue weighted by atomic mass is 16.7. The van der Waals surface area contributed by atoms with Crippen LogP contribution in [0.15, 0.2) is 24.3 Å². The van der Waals surface area contributed by atoms with Gasteiger partial charge in [-0.1, -0.05) is 0 Å². The van der Waals surface area contributed by atoms with Crippen LogP contribution < -0.4 is 9.64 Å². The molecule has 1 heterocycles. The molecule has 0 saturated carbocycles. The number of ether oxygens (including phenoxy) is 4. The number of anilines is 1. The standard InChI is InChI=1S/C16H23NO6/c1-3-20-15(21-4-2)11-22-13-7-5-12(6-8-13)17-9-14(10-18)23-16(17)19/h5-8,14-15,18H,3-4,9-11H2,1-2H3. The number of aliphatic hydroxyl groups excluding tert-OH is 1. The Hall–Kier alpha value is -1.83. The third-order valence-corrected chi connectivity index (χ3v) is 3.32. The predicted molar refractivity (Wildman–Crippen MR) is 83.7 cm³/mol. The van der Waals surface area contributed by atoms with E-state index in [9.17, 15) is 4.79 Å². The fourth-order valence-corrected chi connectivity index (χ4v) is 2.23. The fourth-order valence-electron chi connectivity index (χ4n) is 2.23. The molecule has 0 spiro atoms. The van der Waals surface area contributed by atoms with E-state index < -0.39 is 18.5 Å². The summed E-state index contributed by atoms with van der Waals surface area (Å²) in [4.78, 5) is 13.2. The molecule has 128 valence electrons. The van der Waals surface area contributed by atoms with Crippen molar-refractivity contribution in [1.29, 1.82) is 0 Å². The first-order valence-electron chi connectivity index (χ1n) is 7.73. The number of aliphatic hydroxyl groups is 1. The first-order chi connectivity index (χ1) is 11.2. The Bertz CT molecular complexity index is 486. The van der Waals surface area contributed by atoms with Gasteiger partial charge < -0.3 is 24.1 Å². The van der Waals surface area contributed by atoms with Gasteiger partial charge in [-0.3, -0.25) is 4.90 Å². The number of carbonyl (C=O) groups is 1. The van der Waals surface area contributed by atoms with Crippen molar-refractivity contribution in [1.82, 2.24) is 0 Å². The lowest BCUT2D eigenvalue weighted by Gasteiger charge is -2.18. The van der Waals surface area contributed by atoms with Gasteiger partial charge in [0.25, 0.3) is 0 Å². The van der Waals surface area contributed by atoms with E-state index in [1.165, 1.54) is 4.90 Å². The van der Waals surface area contributed by atoms with Crippen LogP contribution in [0, 0.1) is 0 Å². The van der Waals surface area contributed by atoms with Crippen molar-refractivity contribution in [2.75, 3.05) is 37.9 Å². The van der Waals surface area contributed by atoms with Gasteiger partial charge in [0.2, 0.25) is 0 Å². The minimum atomic E-state index is -0.475. The molecule has 0 aromatic heterocycles. The summed E-state index contributed by atoms with van der Waals surface area (Å²) in [5, 5.41) is 9.05. The predicted octanol–water partition coefficient (Wildman–Crippen LogP) is 1.78. The van der Waals surface area contributed by atoms with E-state index >= 15 is 0 Å². The highest BCUT2D eigenvalue weighted by molar-refractivity contribution is 5.89. The summed E-state index contributed by atoms with van der Waals surface area (Å²) in [5.41, 5.74) is 0.699. The van der Waals surface area contributed by atoms with Crippen molar-refractivity contribution in [3.8, 4) is 5.75 Å². The molecule has 1 unspecified atom stereocenters. The Morgan fingerprint density at radius 1 is 1.26 bits per heavy atom. The maximum atomic E-state index is 11.7. The van der Waals surface area contributed by atoms with Crippen molar-refractivity contribution in [3.63, 3.8) is 0 Å². The van der Waals surface area contributed by atoms with Gasteiger partial charge in [-0.15, -0.1) is 0 Å². The van der Waals surface area contributed by atoms with Crippen molar-refractivity contribution < 1.29 is 28.8 Å². The number of amides is 1. The number of cyclic esters (lactones) is 1. The van der Waals surface area contributed by atoms with Crippen LogP contribution in [0.25, 0.3) is 0 Å². The Morgan fingerprint density at radius 2 is 1.91 bits per heavy atom. The van der Waals surface area contributed by atoms with Crippen LogP contribution in [0.5, 0.6) is 5.75 Å². The first kappa shape index (κ1) is 17.5. The van der Waals surface area contributed by atoms with Gasteiger partial charge in [0.1, 0.15) is 18.5 Å². The van der Waals surface area contributed by atoms with E-state index in [0.29, 0.717) is 37.8 Å². The van der Waals surface area contributed by atoms with Crippen molar-refractivity contribution >= 4 is 11.8 Å². The Balaban J connectivity index is 1.90. The summed E-state index contributed by atoms with van der Waals surface area (Å²) < 4.78 is 21.5. The molecule has 7 nitrogen and oxygen atoms in total. The number of nitrogens with zero attached hydrogens (tertiary/aromatic N) is 1. The zero-order valence-corrected chi connectivity index (χ0v) is 13.4. The third-order valence-electron chi connectivity index (χ3n) is 3.32. The number of carbonyl (C=O) groups excluding carboxylic acids is 1. The zero-order chi connectivity index (χ0) is 16.7. The van der Waals surface area contributed by atoms with E-state index in [-0.39, 0.29) is 6.61 Å². The van der Waals surface area contributed by atoms with Gasteiger partial charge >= 0.3 is 6.09 Å². The van der Waals surface area contributed by atoms with E-state index in [1.54, 1.807) is 24.3 Å². The lowest BCUT2D eigenvalue weighted by molar-refractivity contribution is -0.152. The summed E-state index contributed by atoms with van der Waals surface area (Å²) in [5.74, 6) is 0.657. The molecule has 1 fully saturated rings. The smallest absolute Gasteiger partial charge is 0.414 e. The number of rotatable bonds is 9. The van der Waals surface area contributed by atoms with Gasteiger partial charge in [-0.25, -0.2) is 4.79 Å². The number of hydrogen-bond donors (Lipinski definition) is 1. The molecule has 1 N–H and O–H groups in total. The second kappa shape index (κ2) is 8.71. The van der Waals surface area contributed by atoms with Crippen LogP contribution in [0.2, 0.25) is 0 Å². The van der Waals surface area contributed by atoms with Crippen LogP contribution in [0.1, 0.15) is 13.8 Å². The SMILES string of the molecule is CCOC(COc1ccc(N2CC(CO)OC2=O)cc1)OCC. The molecule has 7 heteroatoms. The van der Waals surface area contributed by atoms with E-state index in [0.717, 1.165) is 0 Å². The van der Waals surface area contributed by atoms with E-state index in [4.69, 9.17) is 24.1 Å². The second-order valence-electron chi connectivity index (χ2n) is 4.94. The topological polar surface area (TPSA) is 77.5 Å². The molecule has 1 atom stereocenters. The van der Waals surface area contributed by atoms with Crippen LogP contribution in [0.3, 0.4) is 0 Å². The van der Waals surface area contributed by atoms with Gasteiger partial charge in [-0.2, -0.15) is 0 Å². The normalized spacial score (nSPS) is 17.7. The Kier molecular flexibility index (Phi) is 6.64. The van der Waals surface area contributed by atoms with Crippen molar-refractivity contribution in [3.05, 3.63) is 24.3 Å². The Morgan fingerprint density at radius 3 is 2.43 bits per heavy atom. The second-order valence-corrected chi connectivity index (χ2v) is 4.94. The average molecular weight is 325 g/mol. The highest BCUT2D eigenvalue weighted by Crippen LogP contribution is 2.24. The minimum Gasteiger partial charge on any atom is -0.488 e. The summed E-state index contributed by atoms with van der Waals surface area (Å²) in [7, 11) is 0. The summed E-state index contributed by atoms with van der Waals surface area (Å²) in [6.07, 6.45) is -1.33. The molecule has 1 aliphatic rings. The lowest BCUT2D eigenvalue weighted by Crippen LogP contribution is -2.26. The zero-order valence-electron chi connectivity index (χ0n) is 13.4. The first-order valence-corrected chi connectivity index (χ1v) is 7.73. The molecule has 1 aromatic carbocycles. The molecule has 0 radical (unpaired) electrons. The fraction of sp³-hybridized carbons (Fsp3) is 0.562. The van der Waals surface area contributed by atoms with Crippen LogP contribution >= 0.6 is 0 Å². The molecular formula is C16H23NO6. The van der Waals surface area contributed by atoms with Gasteiger partial charge in [0.15, 0.2) is 6.29 Å². The highest BCUT2D eigenvalue weighted by Gasteiger charge is 2.31. The van der Waals surface area contributed by atoms with Gasteiger partial charge in [0.05, 0.1) is 13.2 Å². The number of benzene rings is 1. The molecule has 1 aromatic rings.